The van der Waals surface area contributed by atoms with Crippen molar-refractivity contribution in [2.24, 2.45) is 0 Å². The summed E-state index contributed by atoms with van der Waals surface area (Å²) >= 11 is 0. The molecule has 88 valence electrons. The van der Waals surface area contributed by atoms with Crippen LogP contribution in [0.4, 0.5) is 11.8 Å². The number of rotatable bonds is 4. The highest BCUT2D eigenvalue weighted by Gasteiger charge is 2.35. The minimum Gasteiger partial charge on any atom is -0.364 e. The molecular weight excluding hydrogens is 200 g/mol. The van der Waals surface area contributed by atoms with Crippen LogP contribution in [0.25, 0.3) is 0 Å². The first kappa shape index (κ1) is 11.2. The molecule has 1 aliphatic rings. The minimum atomic E-state index is 0.290. The molecule has 1 aromatic heterocycles. The van der Waals surface area contributed by atoms with E-state index >= 15 is 0 Å². The van der Waals surface area contributed by atoms with Gasteiger partial charge in [-0.05, 0) is 31.7 Å². The van der Waals surface area contributed by atoms with Crippen molar-refractivity contribution in [1.82, 2.24) is 9.97 Å². The maximum Gasteiger partial charge on any atom is 0.226 e. The zero-order chi connectivity index (χ0) is 11.6. The molecule has 1 heterocycles. The van der Waals surface area contributed by atoms with Gasteiger partial charge in [0.05, 0.1) is 0 Å². The number of hydrogen-bond acceptors (Lipinski definition) is 4. The van der Waals surface area contributed by atoms with Gasteiger partial charge in [0.1, 0.15) is 5.82 Å². The van der Waals surface area contributed by atoms with E-state index in [0.29, 0.717) is 0 Å². The third-order valence-electron chi connectivity index (χ3n) is 3.42. The first-order valence-electron chi connectivity index (χ1n) is 5.94. The molecule has 0 atom stereocenters. The van der Waals surface area contributed by atoms with Crippen LogP contribution in [0.5, 0.6) is 0 Å². The van der Waals surface area contributed by atoms with Gasteiger partial charge in [0.25, 0.3) is 0 Å². The number of nitrogens with zero attached hydrogens (tertiary/aromatic N) is 3. The highest BCUT2D eigenvalue weighted by Crippen LogP contribution is 2.37. The molecule has 0 aromatic carbocycles. The molecule has 4 nitrogen and oxygen atoms in total. The van der Waals surface area contributed by atoms with Crippen LogP contribution in [0, 0.1) is 0 Å². The van der Waals surface area contributed by atoms with E-state index in [-0.39, 0.29) is 5.54 Å². The van der Waals surface area contributed by atoms with Gasteiger partial charge in [0, 0.05) is 25.8 Å². The smallest absolute Gasteiger partial charge is 0.226 e. The molecule has 4 heteroatoms. The summed E-state index contributed by atoms with van der Waals surface area (Å²) in [6.45, 7) is 2.24. The molecule has 0 bridgehead atoms. The van der Waals surface area contributed by atoms with Crippen LogP contribution in [-0.4, -0.2) is 29.6 Å². The second-order valence-corrected chi connectivity index (χ2v) is 4.75. The van der Waals surface area contributed by atoms with E-state index in [4.69, 9.17) is 0 Å². The number of hydrogen-bond donors (Lipinski definition) is 1. The van der Waals surface area contributed by atoms with Crippen LogP contribution < -0.4 is 10.2 Å². The normalized spacial score (nSPS) is 17.7. The largest absolute Gasteiger partial charge is 0.364 e. The van der Waals surface area contributed by atoms with Crippen LogP contribution >= 0.6 is 0 Å². The summed E-state index contributed by atoms with van der Waals surface area (Å²) in [5.41, 5.74) is 0.290. The number of anilines is 2. The lowest BCUT2D eigenvalue weighted by atomic mass is 9.75. The first-order valence-corrected chi connectivity index (χ1v) is 5.94. The molecule has 0 unspecified atom stereocenters. The molecule has 0 aliphatic heterocycles. The monoisotopic (exact) mass is 220 g/mol. The molecule has 0 spiro atoms. The van der Waals surface area contributed by atoms with Crippen molar-refractivity contribution in [1.29, 1.82) is 0 Å². The van der Waals surface area contributed by atoms with Crippen LogP contribution in [0.2, 0.25) is 0 Å². The molecule has 0 amide bonds. The van der Waals surface area contributed by atoms with E-state index in [9.17, 15) is 0 Å². The Balaban J connectivity index is 2.12. The Hall–Kier alpha value is -1.32. The SMILES string of the molecule is CCC1(Nc2ccnc(N(C)C)n2)CCC1. The fourth-order valence-electron chi connectivity index (χ4n) is 2.08. The predicted octanol–water partition coefficient (Wildman–Crippen LogP) is 2.29. The van der Waals surface area contributed by atoms with E-state index in [1.165, 1.54) is 19.3 Å². The van der Waals surface area contributed by atoms with Crippen molar-refractivity contribution in [3.05, 3.63) is 12.3 Å². The van der Waals surface area contributed by atoms with Gasteiger partial charge in [0.15, 0.2) is 0 Å². The molecule has 1 fully saturated rings. The Kier molecular flexibility index (Phi) is 2.99. The number of aromatic nitrogens is 2. The van der Waals surface area contributed by atoms with Crippen molar-refractivity contribution < 1.29 is 0 Å². The summed E-state index contributed by atoms with van der Waals surface area (Å²) in [5.74, 6) is 1.70. The highest BCUT2D eigenvalue weighted by atomic mass is 15.2. The summed E-state index contributed by atoms with van der Waals surface area (Å²) in [6.07, 6.45) is 6.81. The Morgan fingerprint density at radius 1 is 1.44 bits per heavy atom. The molecule has 1 aromatic rings. The van der Waals surface area contributed by atoms with Gasteiger partial charge >= 0.3 is 0 Å². The highest BCUT2D eigenvalue weighted by molar-refractivity contribution is 5.43. The van der Waals surface area contributed by atoms with Crippen LogP contribution in [0.1, 0.15) is 32.6 Å². The maximum absolute atomic E-state index is 4.49. The third kappa shape index (κ3) is 2.10. The number of nitrogens with one attached hydrogen (secondary N) is 1. The molecular formula is C12H20N4. The minimum absolute atomic E-state index is 0.290. The fourth-order valence-corrected chi connectivity index (χ4v) is 2.08. The van der Waals surface area contributed by atoms with Gasteiger partial charge in [-0.25, -0.2) is 4.98 Å². The van der Waals surface area contributed by atoms with Crippen molar-refractivity contribution in [3.8, 4) is 0 Å². The molecule has 16 heavy (non-hydrogen) atoms. The summed E-state index contributed by atoms with van der Waals surface area (Å²) in [4.78, 5) is 10.6. The predicted molar refractivity (Wildman–Crippen MR) is 66.9 cm³/mol. The Bertz CT molecular complexity index is 352. The summed E-state index contributed by atoms with van der Waals surface area (Å²) in [7, 11) is 3.91. The van der Waals surface area contributed by atoms with E-state index in [2.05, 4.69) is 22.2 Å². The lowest BCUT2D eigenvalue weighted by Gasteiger charge is -2.42. The van der Waals surface area contributed by atoms with Crippen LogP contribution in [0.15, 0.2) is 12.3 Å². The summed E-state index contributed by atoms with van der Waals surface area (Å²) in [5, 5.41) is 3.56. The van der Waals surface area contributed by atoms with E-state index in [1.807, 2.05) is 31.3 Å². The third-order valence-corrected chi connectivity index (χ3v) is 3.42. The lowest BCUT2D eigenvalue weighted by molar-refractivity contribution is 0.269. The van der Waals surface area contributed by atoms with Crippen molar-refractivity contribution in [3.63, 3.8) is 0 Å². The van der Waals surface area contributed by atoms with Gasteiger partial charge in [0.2, 0.25) is 5.95 Å². The average molecular weight is 220 g/mol. The van der Waals surface area contributed by atoms with Gasteiger partial charge in [-0.1, -0.05) is 6.92 Å². The van der Waals surface area contributed by atoms with E-state index in [1.54, 1.807) is 0 Å². The van der Waals surface area contributed by atoms with E-state index < -0.39 is 0 Å². The standard InChI is InChI=1S/C12H20N4/c1-4-12(7-5-8-12)15-10-6-9-13-11(14-10)16(2)3/h6,9H,4-5,7-8H2,1-3H3,(H,13,14,15). The van der Waals surface area contributed by atoms with E-state index in [0.717, 1.165) is 18.2 Å². The zero-order valence-electron chi connectivity index (χ0n) is 10.3. The van der Waals surface area contributed by atoms with Gasteiger partial charge in [-0.3, -0.25) is 0 Å². The van der Waals surface area contributed by atoms with Gasteiger partial charge < -0.3 is 10.2 Å². The van der Waals surface area contributed by atoms with Gasteiger partial charge in [-0.2, -0.15) is 4.98 Å². The van der Waals surface area contributed by atoms with Crippen LogP contribution in [0.3, 0.4) is 0 Å². The molecule has 0 radical (unpaired) electrons. The molecule has 1 N–H and O–H groups in total. The Morgan fingerprint density at radius 3 is 2.69 bits per heavy atom. The molecule has 1 saturated carbocycles. The molecule has 1 aliphatic carbocycles. The average Bonchev–Trinajstić information content (AvgIpc) is 2.24. The summed E-state index contributed by atoms with van der Waals surface area (Å²) < 4.78 is 0. The Labute approximate surface area is 97.1 Å². The maximum atomic E-state index is 4.49. The van der Waals surface area contributed by atoms with Crippen molar-refractivity contribution >= 4 is 11.8 Å². The molecule has 2 rings (SSSR count). The zero-order valence-corrected chi connectivity index (χ0v) is 10.3. The topological polar surface area (TPSA) is 41.1 Å². The summed E-state index contributed by atoms with van der Waals surface area (Å²) in [6, 6.07) is 1.95. The fraction of sp³-hybridized carbons (Fsp3) is 0.667. The van der Waals surface area contributed by atoms with Crippen LogP contribution in [-0.2, 0) is 0 Å². The van der Waals surface area contributed by atoms with Crippen molar-refractivity contribution in [2.75, 3.05) is 24.3 Å². The lowest BCUT2D eigenvalue weighted by Crippen LogP contribution is -2.44. The molecule has 0 saturated heterocycles. The quantitative estimate of drug-likeness (QED) is 0.845. The van der Waals surface area contributed by atoms with Crippen molar-refractivity contribution in [2.45, 2.75) is 38.1 Å². The first-order chi connectivity index (χ1) is 7.65. The second-order valence-electron chi connectivity index (χ2n) is 4.75. The Morgan fingerprint density at radius 2 is 2.19 bits per heavy atom. The second kappa shape index (κ2) is 4.28. The van der Waals surface area contributed by atoms with Gasteiger partial charge in [-0.15, -0.1) is 0 Å².